The molecule has 3 aromatic carbocycles. The summed E-state index contributed by atoms with van der Waals surface area (Å²) in [4.78, 5) is 0. The van der Waals surface area contributed by atoms with Crippen LogP contribution in [-0.4, -0.2) is 8.07 Å². The van der Waals surface area contributed by atoms with Gasteiger partial charge in [-0.05, 0) is 44.1 Å². The monoisotopic (exact) mass is 440 g/mol. The van der Waals surface area contributed by atoms with Gasteiger partial charge in [0.15, 0.2) is 8.07 Å². The number of para-hydroxylation sites is 1. The number of hydrogen-bond acceptors (Lipinski definition) is 1. The number of rotatable bonds is 5. The molecule has 4 rings (SSSR count). The molecule has 32 heavy (non-hydrogen) atoms. The van der Waals surface area contributed by atoms with Crippen LogP contribution in [0.5, 0.6) is 5.75 Å². The van der Waals surface area contributed by atoms with E-state index in [1.54, 1.807) is 0 Å². The molecule has 0 unspecified atom stereocenters. The van der Waals surface area contributed by atoms with Crippen molar-refractivity contribution in [2.45, 2.75) is 65.3 Å². The molecule has 0 spiro atoms. The van der Waals surface area contributed by atoms with Gasteiger partial charge in [0.05, 0.1) is 0 Å². The number of hydrogen-bond donors (Lipinski definition) is 0. The second kappa shape index (κ2) is 8.40. The van der Waals surface area contributed by atoms with Crippen LogP contribution < -0.4 is 15.1 Å². The van der Waals surface area contributed by atoms with Gasteiger partial charge in [0.2, 0.25) is 0 Å². The highest BCUT2D eigenvalue weighted by Crippen LogP contribution is 2.44. The van der Waals surface area contributed by atoms with E-state index in [0.717, 1.165) is 11.5 Å². The Labute approximate surface area is 195 Å². The van der Waals surface area contributed by atoms with E-state index in [1.165, 1.54) is 27.1 Å². The molecule has 0 aliphatic carbocycles. The molecular weight excluding hydrogens is 404 g/mol. The van der Waals surface area contributed by atoms with Gasteiger partial charge < -0.3 is 4.74 Å². The van der Waals surface area contributed by atoms with E-state index in [2.05, 4.69) is 127 Å². The predicted octanol–water partition coefficient (Wildman–Crippen LogP) is 7.27. The summed E-state index contributed by atoms with van der Waals surface area (Å²) in [6.45, 7) is 16.2. The number of benzene rings is 3. The fourth-order valence-electron chi connectivity index (χ4n) is 5.18. The molecule has 2 heteroatoms. The Bertz CT molecular complexity index is 1110. The van der Waals surface area contributed by atoms with Gasteiger partial charge in [-0.2, -0.15) is 0 Å². The maximum Gasteiger partial charge on any atom is 0.151 e. The van der Waals surface area contributed by atoms with Crippen LogP contribution in [0.15, 0.2) is 78.5 Å². The molecule has 3 aromatic rings. The highest BCUT2D eigenvalue weighted by molar-refractivity contribution is 7.09. The molecule has 166 valence electrons. The van der Waals surface area contributed by atoms with Crippen molar-refractivity contribution < 1.29 is 4.74 Å². The minimum absolute atomic E-state index is 0.105. The third kappa shape index (κ3) is 3.65. The van der Waals surface area contributed by atoms with Crippen molar-refractivity contribution in [1.29, 1.82) is 0 Å². The molecule has 0 aromatic heterocycles. The van der Waals surface area contributed by atoms with E-state index in [-0.39, 0.29) is 5.04 Å². The third-order valence-corrected chi connectivity index (χ3v) is 12.5. The van der Waals surface area contributed by atoms with Gasteiger partial charge in [-0.15, -0.1) is 0 Å². The third-order valence-electron chi connectivity index (χ3n) is 6.91. The summed E-state index contributed by atoms with van der Waals surface area (Å²) in [5.41, 5.74) is 6.34. The molecule has 0 saturated carbocycles. The zero-order chi connectivity index (χ0) is 23.1. The van der Waals surface area contributed by atoms with Gasteiger partial charge in [-0.3, -0.25) is 0 Å². The van der Waals surface area contributed by atoms with E-state index < -0.39 is 8.07 Å². The van der Waals surface area contributed by atoms with E-state index in [1.807, 2.05) is 0 Å². The van der Waals surface area contributed by atoms with Crippen LogP contribution in [0.25, 0.3) is 5.76 Å². The molecule has 1 nitrogen and oxygen atoms in total. The summed E-state index contributed by atoms with van der Waals surface area (Å²) in [5, 5.41) is 3.01. The average Bonchev–Trinajstić information content (AvgIpc) is 3.10. The molecule has 0 bridgehead atoms. The minimum atomic E-state index is -2.22. The van der Waals surface area contributed by atoms with Crippen LogP contribution in [0.3, 0.4) is 0 Å². The fourth-order valence-corrected chi connectivity index (χ4v) is 10.2. The molecule has 0 fully saturated rings. The largest absolute Gasteiger partial charge is 0.457 e. The van der Waals surface area contributed by atoms with Gasteiger partial charge in [0.25, 0.3) is 0 Å². The van der Waals surface area contributed by atoms with Crippen LogP contribution in [0, 0.1) is 0 Å². The average molecular weight is 441 g/mol. The molecule has 0 amide bonds. The van der Waals surface area contributed by atoms with Gasteiger partial charge >= 0.3 is 0 Å². The van der Waals surface area contributed by atoms with Crippen molar-refractivity contribution in [3.05, 3.63) is 95.2 Å². The summed E-state index contributed by atoms with van der Waals surface area (Å²) in [5.74, 6) is 2.88. The lowest BCUT2D eigenvalue weighted by Gasteiger charge is -2.39. The molecule has 1 aliphatic heterocycles. The predicted molar refractivity (Wildman–Crippen MR) is 141 cm³/mol. The first-order valence-electron chi connectivity index (χ1n) is 11.9. The summed E-state index contributed by atoms with van der Waals surface area (Å²) in [6.07, 6.45) is 0. The standard InChI is InChI=1S/C30H36OSi/c1-21(2)24-17-13-18-25(22(3)4)29(24)31-27-20-32(30(5,6)7,23-14-9-8-10-15-23)28-19-12-11-16-26(27)28/h8-22H,1-7H3/t32-/m1/s1. The summed E-state index contributed by atoms with van der Waals surface area (Å²) >= 11 is 0. The van der Waals surface area contributed by atoms with Gasteiger partial charge in [0.1, 0.15) is 11.5 Å². The Morgan fingerprint density at radius 3 is 1.81 bits per heavy atom. The second-order valence-electron chi connectivity index (χ2n) is 10.7. The maximum absolute atomic E-state index is 6.95. The van der Waals surface area contributed by atoms with Crippen molar-refractivity contribution in [2.24, 2.45) is 0 Å². The summed E-state index contributed by atoms with van der Waals surface area (Å²) in [6, 6.07) is 26.6. The smallest absolute Gasteiger partial charge is 0.151 e. The van der Waals surface area contributed by atoms with Crippen LogP contribution >= 0.6 is 0 Å². The lowest BCUT2D eigenvalue weighted by molar-refractivity contribution is 0.494. The Morgan fingerprint density at radius 1 is 0.688 bits per heavy atom. The van der Waals surface area contributed by atoms with Crippen LogP contribution in [0.4, 0.5) is 0 Å². The molecule has 1 aliphatic rings. The van der Waals surface area contributed by atoms with Crippen LogP contribution in [-0.2, 0) is 0 Å². The lowest BCUT2D eigenvalue weighted by atomic mass is 9.94. The normalized spacial score (nSPS) is 18.1. The van der Waals surface area contributed by atoms with Crippen molar-refractivity contribution in [3.8, 4) is 5.75 Å². The highest BCUT2D eigenvalue weighted by Gasteiger charge is 2.51. The summed E-state index contributed by atoms with van der Waals surface area (Å²) < 4.78 is 6.95. The molecular formula is C30H36OSi. The fraction of sp³-hybridized carbons (Fsp3) is 0.333. The number of ether oxygens (including phenoxy) is 1. The Morgan fingerprint density at radius 2 is 1.25 bits per heavy atom. The van der Waals surface area contributed by atoms with Crippen molar-refractivity contribution in [3.63, 3.8) is 0 Å². The molecule has 0 saturated heterocycles. The first-order chi connectivity index (χ1) is 15.2. The molecule has 0 radical (unpaired) electrons. The van der Waals surface area contributed by atoms with E-state index in [9.17, 15) is 0 Å². The van der Waals surface area contributed by atoms with Gasteiger partial charge in [-0.1, -0.05) is 121 Å². The zero-order valence-corrected chi connectivity index (χ0v) is 21.6. The molecule has 0 N–H and O–H groups in total. The van der Waals surface area contributed by atoms with Crippen LogP contribution in [0.2, 0.25) is 5.04 Å². The van der Waals surface area contributed by atoms with E-state index in [4.69, 9.17) is 4.74 Å². The van der Waals surface area contributed by atoms with E-state index in [0.29, 0.717) is 11.8 Å². The Kier molecular flexibility index (Phi) is 5.94. The second-order valence-corrected chi connectivity index (χ2v) is 15.2. The van der Waals surface area contributed by atoms with Crippen molar-refractivity contribution in [1.82, 2.24) is 0 Å². The lowest BCUT2D eigenvalue weighted by Crippen LogP contribution is -2.62. The Balaban J connectivity index is 1.96. The first kappa shape index (κ1) is 22.6. The van der Waals surface area contributed by atoms with E-state index >= 15 is 0 Å². The van der Waals surface area contributed by atoms with Gasteiger partial charge in [-0.25, -0.2) is 0 Å². The molecule has 1 atom stereocenters. The zero-order valence-electron chi connectivity index (χ0n) is 20.6. The topological polar surface area (TPSA) is 9.23 Å². The SMILES string of the molecule is CC(C)c1cccc(C(C)C)c1OC1=C[Si@](c2ccccc2)(C(C)(C)C)c2ccccc21. The first-order valence-corrected chi connectivity index (χ1v) is 13.9. The minimum Gasteiger partial charge on any atom is -0.457 e. The highest BCUT2D eigenvalue weighted by atomic mass is 28.3. The van der Waals surface area contributed by atoms with Crippen molar-refractivity contribution >= 4 is 24.2 Å². The van der Waals surface area contributed by atoms with Crippen molar-refractivity contribution in [2.75, 3.05) is 0 Å². The number of fused-ring (bicyclic) bond motifs is 1. The maximum atomic E-state index is 6.95. The quantitative estimate of drug-likeness (QED) is 0.379. The molecule has 1 heterocycles. The summed E-state index contributed by atoms with van der Waals surface area (Å²) in [7, 11) is -2.22. The van der Waals surface area contributed by atoms with Crippen LogP contribution in [0.1, 0.15) is 77.0 Å². The Hall–Kier alpha value is -2.58. The van der Waals surface area contributed by atoms with Gasteiger partial charge in [0, 0.05) is 5.56 Å².